The number of fused-ring (bicyclic) bond motifs is 1. The van der Waals surface area contributed by atoms with E-state index in [9.17, 15) is 9.59 Å². The zero-order valence-corrected chi connectivity index (χ0v) is 16.5. The van der Waals surface area contributed by atoms with Gasteiger partial charge in [0.25, 0.3) is 0 Å². The Labute approximate surface area is 173 Å². The van der Waals surface area contributed by atoms with Crippen LogP contribution in [0.4, 0.5) is 5.82 Å². The Hall–Kier alpha value is -3.86. The molecule has 0 radical (unpaired) electrons. The number of carbonyl (C=O) groups is 2. The van der Waals surface area contributed by atoms with Crippen LogP contribution in [0.1, 0.15) is 34.5 Å². The molecule has 1 aliphatic rings. The number of nitriles is 1. The van der Waals surface area contributed by atoms with Gasteiger partial charge < -0.3 is 9.32 Å². The lowest BCUT2D eigenvalue weighted by molar-refractivity contribution is -0.126. The molecule has 0 unspecified atom stereocenters. The van der Waals surface area contributed by atoms with Crippen molar-refractivity contribution in [1.29, 1.82) is 5.26 Å². The van der Waals surface area contributed by atoms with Crippen molar-refractivity contribution < 1.29 is 14.0 Å². The molecular weight excluding hydrogens is 382 g/mol. The van der Waals surface area contributed by atoms with Crippen LogP contribution in [0.3, 0.4) is 0 Å². The minimum atomic E-state index is -0.476. The van der Waals surface area contributed by atoms with Crippen LogP contribution in [0, 0.1) is 24.2 Å². The number of aromatic nitrogens is 1. The highest BCUT2D eigenvalue weighted by molar-refractivity contribution is 5.99. The molecule has 0 atom stereocenters. The molecule has 1 aliphatic heterocycles. The Morgan fingerprint density at radius 1 is 1.17 bits per heavy atom. The minimum absolute atomic E-state index is 0.193. The first-order chi connectivity index (χ1) is 14.6. The number of hydrazine groups is 1. The van der Waals surface area contributed by atoms with Crippen LogP contribution in [0.2, 0.25) is 0 Å². The van der Waals surface area contributed by atoms with Gasteiger partial charge in [-0.2, -0.15) is 5.26 Å². The summed E-state index contributed by atoms with van der Waals surface area (Å²) in [6.07, 6.45) is 2.84. The summed E-state index contributed by atoms with van der Waals surface area (Å²) in [6, 6.07) is 13.0. The summed E-state index contributed by atoms with van der Waals surface area (Å²) in [7, 11) is 0. The van der Waals surface area contributed by atoms with Crippen molar-refractivity contribution in [1.82, 2.24) is 15.8 Å². The first-order valence-electron chi connectivity index (χ1n) is 9.76. The number of nitrogens with one attached hydrogen (secondary N) is 2. The van der Waals surface area contributed by atoms with Crippen LogP contribution in [-0.4, -0.2) is 29.9 Å². The number of furan rings is 1. The van der Waals surface area contributed by atoms with E-state index in [4.69, 9.17) is 9.68 Å². The molecule has 2 amide bonds. The van der Waals surface area contributed by atoms with Gasteiger partial charge in [-0.25, -0.2) is 4.98 Å². The molecule has 1 saturated heterocycles. The number of anilines is 1. The van der Waals surface area contributed by atoms with Crippen LogP contribution >= 0.6 is 0 Å². The highest BCUT2D eigenvalue weighted by Gasteiger charge is 2.26. The van der Waals surface area contributed by atoms with Gasteiger partial charge in [-0.3, -0.25) is 20.4 Å². The van der Waals surface area contributed by atoms with Crippen molar-refractivity contribution in [3.05, 3.63) is 59.5 Å². The van der Waals surface area contributed by atoms with E-state index >= 15 is 0 Å². The molecule has 30 heavy (non-hydrogen) atoms. The number of hydrogen-bond donors (Lipinski definition) is 2. The van der Waals surface area contributed by atoms with Gasteiger partial charge in [-0.05, 0) is 38.0 Å². The molecule has 3 heterocycles. The maximum atomic E-state index is 12.5. The maximum absolute atomic E-state index is 12.5. The second-order valence-electron chi connectivity index (χ2n) is 7.27. The Balaban J connectivity index is 1.31. The molecule has 4 rings (SSSR count). The SMILES string of the molecule is Cc1c(C(=O)NNC(=O)C2CCN(c3ccc(C#N)cn3)CC2)oc2ccccc12. The first kappa shape index (κ1) is 19.5. The molecule has 0 bridgehead atoms. The van der Waals surface area contributed by atoms with Crippen molar-refractivity contribution in [3.8, 4) is 6.07 Å². The van der Waals surface area contributed by atoms with Gasteiger partial charge in [0, 0.05) is 36.2 Å². The number of pyridine rings is 1. The fourth-order valence-corrected chi connectivity index (χ4v) is 3.68. The average molecular weight is 403 g/mol. The maximum Gasteiger partial charge on any atom is 0.305 e. The molecule has 3 aromatic rings. The van der Waals surface area contributed by atoms with E-state index < -0.39 is 5.91 Å². The lowest BCUT2D eigenvalue weighted by Crippen LogP contribution is -2.47. The summed E-state index contributed by atoms with van der Waals surface area (Å²) in [6.45, 7) is 3.16. The largest absolute Gasteiger partial charge is 0.451 e. The number of nitrogens with zero attached hydrogens (tertiary/aromatic N) is 3. The third-order valence-corrected chi connectivity index (χ3v) is 5.42. The van der Waals surface area contributed by atoms with Gasteiger partial charge in [0.1, 0.15) is 17.5 Å². The number of para-hydroxylation sites is 1. The third kappa shape index (κ3) is 3.82. The summed E-state index contributed by atoms with van der Waals surface area (Å²) >= 11 is 0. The van der Waals surface area contributed by atoms with Gasteiger partial charge in [-0.15, -0.1) is 0 Å². The fourth-order valence-electron chi connectivity index (χ4n) is 3.68. The molecule has 2 N–H and O–H groups in total. The third-order valence-electron chi connectivity index (χ3n) is 5.42. The molecule has 8 nitrogen and oxygen atoms in total. The van der Waals surface area contributed by atoms with Crippen LogP contribution in [0.15, 0.2) is 47.0 Å². The Kier molecular flexibility index (Phi) is 5.35. The van der Waals surface area contributed by atoms with Crippen molar-refractivity contribution in [3.63, 3.8) is 0 Å². The highest BCUT2D eigenvalue weighted by Crippen LogP contribution is 2.25. The number of aryl methyl sites for hydroxylation is 1. The number of rotatable bonds is 3. The van der Waals surface area contributed by atoms with Crippen LogP contribution < -0.4 is 15.8 Å². The van der Waals surface area contributed by atoms with Gasteiger partial charge in [0.2, 0.25) is 5.91 Å². The Morgan fingerprint density at radius 3 is 2.60 bits per heavy atom. The molecular formula is C22H21N5O3. The van der Waals surface area contributed by atoms with Gasteiger partial charge in [0.15, 0.2) is 5.76 Å². The summed E-state index contributed by atoms with van der Waals surface area (Å²) in [5, 5.41) is 9.74. The predicted molar refractivity (Wildman–Crippen MR) is 110 cm³/mol. The summed E-state index contributed by atoms with van der Waals surface area (Å²) in [4.78, 5) is 31.3. The zero-order valence-electron chi connectivity index (χ0n) is 16.5. The summed E-state index contributed by atoms with van der Waals surface area (Å²) in [5.41, 5.74) is 6.88. The molecule has 1 fully saturated rings. The van der Waals surface area contributed by atoms with E-state index in [0.717, 1.165) is 16.8 Å². The van der Waals surface area contributed by atoms with E-state index in [1.807, 2.05) is 37.3 Å². The second-order valence-corrected chi connectivity index (χ2v) is 7.27. The summed E-state index contributed by atoms with van der Waals surface area (Å²) in [5.74, 6) is 0.0947. The lowest BCUT2D eigenvalue weighted by Gasteiger charge is -2.32. The zero-order chi connectivity index (χ0) is 21.1. The smallest absolute Gasteiger partial charge is 0.305 e. The fraction of sp³-hybridized carbons (Fsp3) is 0.273. The molecule has 0 spiro atoms. The standard InChI is InChI=1S/C22H21N5O3/c1-14-17-4-2-3-5-18(17)30-20(14)22(29)26-25-21(28)16-8-10-27(11-9-16)19-7-6-15(12-23)13-24-19/h2-7,13,16H,8-11H2,1H3,(H,25,28)(H,26,29). The van der Waals surface area contributed by atoms with E-state index in [-0.39, 0.29) is 17.6 Å². The number of piperidine rings is 1. The average Bonchev–Trinajstić information content (AvgIpc) is 3.14. The molecule has 152 valence electrons. The van der Waals surface area contributed by atoms with Crippen molar-refractivity contribution in [2.24, 2.45) is 5.92 Å². The number of benzene rings is 1. The van der Waals surface area contributed by atoms with Crippen molar-refractivity contribution >= 4 is 28.6 Å². The van der Waals surface area contributed by atoms with E-state index in [1.54, 1.807) is 18.3 Å². The first-order valence-corrected chi connectivity index (χ1v) is 9.76. The number of hydrogen-bond acceptors (Lipinski definition) is 6. The second kappa shape index (κ2) is 8.25. The van der Waals surface area contributed by atoms with Crippen LogP contribution in [-0.2, 0) is 4.79 Å². The normalized spacial score (nSPS) is 14.3. The quantitative estimate of drug-likeness (QED) is 0.651. The molecule has 0 aliphatic carbocycles. The highest BCUT2D eigenvalue weighted by atomic mass is 16.3. The van der Waals surface area contributed by atoms with Crippen molar-refractivity contribution in [2.45, 2.75) is 19.8 Å². The van der Waals surface area contributed by atoms with Gasteiger partial charge >= 0.3 is 5.91 Å². The monoisotopic (exact) mass is 403 g/mol. The van der Waals surface area contributed by atoms with E-state index in [1.165, 1.54) is 0 Å². The predicted octanol–water partition coefficient (Wildman–Crippen LogP) is 2.69. The summed E-state index contributed by atoms with van der Waals surface area (Å²) < 4.78 is 5.62. The molecule has 2 aromatic heterocycles. The minimum Gasteiger partial charge on any atom is -0.451 e. The number of amides is 2. The van der Waals surface area contributed by atoms with Crippen LogP contribution in [0.5, 0.6) is 0 Å². The number of carbonyl (C=O) groups excluding carboxylic acids is 2. The van der Waals surface area contributed by atoms with E-state index in [2.05, 4.69) is 20.7 Å². The van der Waals surface area contributed by atoms with Crippen molar-refractivity contribution in [2.75, 3.05) is 18.0 Å². The van der Waals surface area contributed by atoms with Crippen LogP contribution in [0.25, 0.3) is 11.0 Å². The molecule has 1 aromatic carbocycles. The molecule has 8 heteroatoms. The van der Waals surface area contributed by atoms with Gasteiger partial charge in [-0.1, -0.05) is 18.2 Å². The Morgan fingerprint density at radius 2 is 1.93 bits per heavy atom. The topological polar surface area (TPSA) is 111 Å². The van der Waals surface area contributed by atoms with E-state index in [0.29, 0.717) is 37.1 Å². The van der Waals surface area contributed by atoms with Gasteiger partial charge in [0.05, 0.1) is 5.56 Å². The Bertz CT molecular complexity index is 1120. The molecule has 0 saturated carbocycles. The lowest BCUT2D eigenvalue weighted by atomic mass is 9.96.